The van der Waals surface area contributed by atoms with Crippen LogP contribution in [0.3, 0.4) is 0 Å². The highest BCUT2D eigenvalue weighted by Gasteiger charge is 2.20. The van der Waals surface area contributed by atoms with Crippen molar-refractivity contribution in [2.24, 2.45) is 11.7 Å². The van der Waals surface area contributed by atoms with Crippen LogP contribution in [0.2, 0.25) is 0 Å². The average Bonchev–Trinajstić information content (AvgIpc) is 2.67. The van der Waals surface area contributed by atoms with Gasteiger partial charge in [-0.1, -0.05) is 0 Å². The molecule has 2 heterocycles. The summed E-state index contributed by atoms with van der Waals surface area (Å²) in [7, 11) is 0. The third-order valence-corrected chi connectivity index (χ3v) is 4.95. The average molecular weight is 332 g/mol. The minimum Gasteiger partial charge on any atom is -0.493 e. The Kier molecular flexibility index (Phi) is 5.93. The van der Waals surface area contributed by atoms with Crippen molar-refractivity contribution >= 4 is 11.6 Å². The molecule has 0 bridgehead atoms. The molecule has 2 aliphatic heterocycles. The number of rotatable bonds is 5. The molecule has 6 heteroatoms. The third-order valence-electron chi connectivity index (χ3n) is 4.95. The van der Waals surface area contributed by atoms with Crippen LogP contribution in [0.25, 0.3) is 0 Å². The van der Waals surface area contributed by atoms with Crippen LogP contribution >= 0.6 is 0 Å². The van der Waals surface area contributed by atoms with E-state index in [1.165, 1.54) is 18.5 Å². The summed E-state index contributed by atoms with van der Waals surface area (Å²) < 4.78 is 5.94. The first kappa shape index (κ1) is 17.0. The van der Waals surface area contributed by atoms with Gasteiger partial charge in [-0.25, -0.2) is 0 Å². The summed E-state index contributed by atoms with van der Waals surface area (Å²) in [4.78, 5) is 15.8. The molecule has 0 aliphatic carbocycles. The number of hydrogen-bond donors (Lipinski definition) is 2. The van der Waals surface area contributed by atoms with Crippen molar-refractivity contribution in [1.82, 2.24) is 10.2 Å². The van der Waals surface area contributed by atoms with E-state index in [1.807, 2.05) is 17.0 Å². The number of piperazine rings is 1. The number of ether oxygens (including phenoxy) is 1. The Morgan fingerprint density at radius 3 is 2.42 bits per heavy atom. The van der Waals surface area contributed by atoms with Gasteiger partial charge in [-0.15, -0.1) is 0 Å². The lowest BCUT2D eigenvalue weighted by atomic mass is 9.99. The first-order valence-corrected chi connectivity index (χ1v) is 8.92. The summed E-state index contributed by atoms with van der Waals surface area (Å²) in [5, 5.41) is 3.38. The predicted molar refractivity (Wildman–Crippen MR) is 95.4 cm³/mol. The normalized spacial score (nSPS) is 19.4. The molecule has 0 spiro atoms. The molecule has 1 amide bonds. The van der Waals surface area contributed by atoms with Gasteiger partial charge in [-0.2, -0.15) is 0 Å². The van der Waals surface area contributed by atoms with Crippen LogP contribution in [0.4, 0.5) is 5.69 Å². The maximum absolute atomic E-state index is 11.6. The van der Waals surface area contributed by atoms with Crippen molar-refractivity contribution in [2.75, 3.05) is 57.3 Å². The molecule has 2 aliphatic rings. The first-order chi connectivity index (χ1) is 11.8. The van der Waals surface area contributed by atoms with E-state index in [0.29, 0.717) is 5.92 Å². The molecule has 2 saturated heterocycles. The van der Waals surface area contributed by atoms with Crippen molar-refractivity contribution in [3.05, 3.63) is 24.3 Å². The second kappa shape index (κ2) is 8.35. The number of nitrogens with zero attached hydrogens (tertiary/aromatic N) is 2. The largest absolute Gasteiger partial charge is 0.493 e. The topological polar surface area (TPSA) is 70.8 Å². The van der Waals surface area contributed by atoms with Crippen LogP contribution in [0.1, 0.15) is 12.8 Å². The second-order valence-corrected chi connectivity index (χ2v) is 6.57. The Balaban J connectivity index is 1.47. The number of piperidine rings is 1. The Hall–Kier alpha value is -1.79. The van der Waals surface area contributed by atoms with Gasteiger partial charge in [0.15, 0.2) is 0 Å². The SMILES string of the molecule is NCC(=O)N1CCN(c2ccc(OCC3CCNCC3)cc2)CC1. The van der Waals surface area contributed by atoms with Gasteiger partial charge in [0.05, 0.1) is 13.2 Å². The molecule has 0 saturated carbocycles. The lowest BCUT2D eigenvalue weighted by Crippen LogP contribution is -2.50. The minimum absolute atomic E-state index is 0.0383. The van der Waals surface area contributed by atoms with Crippen LogP contribution in [-0.2, 0) is 4.79 Å². The molecule has 3 N–H and O–H groups in total. The number of carbonyl (C=O) groups excluding carboxylic acids is 1. The molecule has 0 atom stereocenters. The summed E-state index contributed by atoms with van der Waals surface area (Å²) in [6.45, 7) is 6.29. The quantitative estimate of drug-likeness (QED) is 0.829. The zero-order valence-corrected chi connectivity index (χ0v) is 14.2. The molecular weight excluding hydrogens is 304 g/mol. The molecule has 6 nitrogen and oxygen atoms in total. The highest BCUT2D eigenvalue weighted by molar-refractivity contribution is 5.78. The summed E-state index contributed by atoms with van der Waals surface area (Å²) in [5.74, 6) is 1.64. The fourth-order valence-electron chi connectivity index (χ4n) is 3.36. The van der Waals surface area contributed by atoms with E-state index in [4.69, 9.17) is 10.5 Å². The fraction of sp³-hybridized carbons (Fsp3) is 0.611. The van der Waals surface area contributed by atoms with Crippen LogP contribution in [0.15, 0.2) is 24.3 Å². The zero-order chi connectivity index (χ0) is 16.8. The number of amides is 1. The van der Waals surface area contributed by atoms with Gasteiger partial charge >= 0.3 is 0 Å². The maximum atomic E-state index is 11.6. The summed E-state index contributed by atoms with van der Waals surface area (Å²) >= 11 is 0. The molecule has 3 rings (SSSR count). The molecule has 1 aromatic carbocycles. The molecule has 1 aromatic rings. The van der Waals surface area contributed by atoms with Crippen LogP contribution in [0.5, 0.6) is 5.75 Å². The third kappa shape index (κ3) is 4.39. The number of nitrogens with one attached hydrogen (secondary N) is 1. The number of nitrogens with two attached hydrogens (primary N) is 1. The van der Waals surface area contributed by atoms with Gasteiger partial charge in [-0.05, 0) is 56.1 Å². The Labute approximate surface area is 143 Å². The molecular formula is C18H28N4O2. The highest BCUT2D eigenvalue weighted by atomic mass is 16.5. The van der Waals surface area contributed by atoms with E-state index in [2.05, 4.69) is 22.3 Å². The molecule has 0 radical (unpaired) electrons. The Bertz CT molecular complexity index is 520. The smallest absolute Gasteiger partial charge is 0.236 e. The summed E-state index contributed by atoms with van der Waals surface area (Å²) in [5.41, 5.74) is 6.61. The van der Waals surface area contributed by atoms with Gasteiger partial charge in [0.1, 0.15) is 5.75 Å². The van der Waals surface area contributed by atoms with Gasteiger partial charge in [0.2, 0.25) is 5.91 Å². The van der Waals surface area contributed by atoms with Gasteiger partial charge in [-0.3, -0.25) is 4.79 Å². The van der Waals surface area contributed by atoms with Crippen LogP contribution < -0.4 is 20.7 Å². The predicted octanol–water partition coefficient (Wildman–Crippen LogP) is 0.672. The Morgan fingerprint density at radius 2 is 1.79 bits per heavy atom. The number of benzene rings is 1. The standard InChI is InChI=1S/C18H28N4O2/c19-13-18(23)22-11-9-21(10-12-22)16-1-3-17(4-2-16)24-14-15-5-7-20-8-6-15/h1-4,15,20H,5-14,19H2. The van der Waals surface area contributed by atoms with Crippen molar-refractivity contribution in [3.63, 3.8) is 0 Å². The van der Waals surface area contributed by atoms with Crippen molar-refractivity contribution in [3.8, 4) is 5.75 Å². The first-order valence-electron chi connectivity index (χ1n) is 8.92. The van der Waals surface area contributed by atoms with Gasteiger partial charge < -0.3 is 25.6 Å². The second-order valence-electron chi connectivity index (χ2n) is 6.57. The van der Waals surface area contributed by atoms with Crippen molar-refractivity contribution < 1.29 is 9.53 Å². The van der Waals surface area contributed by atoms with Crippen LogP contribution in [0, 0.1) is 5.92 Å². The van der Waals surface area contributed by atoms with Gasteiger partial charge in [0, 0.05) is 31.9 Å². The number of hydrogen-bond acceptors (Lipinski definition) is 5. The van der Waals surface area contributed by atoms with Crippen molar-refractivity contribution in [1.29, 1.82) is 0 Å². The molecule has 2 fully saturated rings. The van der Waals surface area contributed by atoms with E-state index < -0.39 is 0 Å². The van der Waals surface area contributed by atoms with Crippen molar-refractivity contribution in [2.45, 2.75) is 12.8 Å². The highest BCUT2D eigenvalue weighted by Crippen LogP contribution is 2.22. The molecule has 0 aromatic heterocycles. The molecule has 132 valence electrons. The summed E-state index contributed by atoms with van der Waals surface area (Å²) in [6.07, 6.45) is 2.40. The number of carbonyl (C=O) groups is 1. The fourth-order valence-corrected chi connectivity index (χ4v) is 3.36. The van der Waals surface area contributed by atoms with E-state index in [9.17, 15) is 4.79 Å². The van der Waals surface area contributed by atoms with E-state index in [1.54, 1.807) is 0 Å². The van der Waals surface area contributed by atoms with E-state index in [-0.39, 0.29) is 12.5 Å². The lowest BCUT2D eigenvalue weighted by molar-refractivity contribution is -0.129. The lowest BCUT2D eigenvalue weighted by Gasteiger charge is -2.36. The summed E-state index contributed by atoms with van der Waals surface area (Å²) in [6, 6.07) is 8.32. The van der Waals surface area contributed by atoms with Gasteiger partial charge in [0.25, 0.3) is 0 Å². The molecule has 24 heavy (non-hydrogen) atoms. The van der Waals surface area contributed by atoms with Crippen LogP contribution in [-0.4, -0.2) is 63.2 Å². The van der Waals surface area contributed by atoms with E-state index in [0.717, 1.165) is 51.6 Å². The molecule has 0 unspecified atom stereocenters. The van der Waals surface area contributed by atoms with E-state index >= 15 is 0 Å². The monoisotopic (exact) mass is 332 g/mol. The maximum Gasteiger partial charge on any atom is 0.236 e. The minimum atomic E-state index is 0.0383. The number of anilines is 1. The zero-order valence-electron chi connectivity index (χ0n) is 14.2. The Morgan fingerprint density at radius 1 is 1.12 bits per heavy atom.